The van der Waals surface area contributed by atoms with Gasteiger partial charge in [0.1, 0.15) is 5.82 Å². The molecule has 1 aromatic heterocycles. The van der Waals surface area contributed by atoms with Gasteiger partial charge in [-0.05, 0) is 59.8 Å². The van der Waals surface area contributed by atoms with Crippen molar-refractivity contribution in [3.8, 4) is 0 Å². The summed E-state index contributed by atoms with van der Waals surface area (Å²) < 4.78 is 13.5. The third kappa shape index (κ3) is 6.16. The van der Waals surface area contributed by atoms with Gasteiger partial charge in [0.15, 0.2) is 9.51 Å². The molecule has 1 aliphatic rings. The van der Waals surface area contributed by atoms with E-state index >= 15 is 0 Å². The molecule has 2 amide bonds. The van der Waals surface area contributed by atoms with E-state index in [-0.39, 0.29) is 23.4 Å². The number of amides is 2. The molecule has 162 valence electrons. The molecule has 12 heteroatoms. The lowest BCUT2D eigenvalue weighted by Gasteiger charge is -2.03. The Hall–Kier alpha value is -2.73. The number of carbonyl (C=O) groups excluding carboxylic acids is 2. The zero-order valence-electron chi connectivity index (χ0n) is 16.0. The molecule has 7 nitrogen and oxygen atoms in total. The fourth-order valence-corrected chi connectivity index (χ4v) is 4.97. The number of thioether (sulfide) groups is 2. The number of anilines is 1. The number of benzene rings is 2. The number of halogens is 2. The molecular formula is C20H13ClFN5O2S3. The molecule has 0 unspecified atom stereocenters. The SMILES string of the molecule is O=C(CSc1nnc(/N=C2\NC(=O)/C(=C/c3ccc(Cl)cc3)S2)s1)Nc1ccc(F)cc1. The highest BCUT2D eigenvalue weighted by molar-refractivity contribution is 8.18. The summed E-state index contributed by atoms with van der Waals surface area (Å²) in [5.74, 6) is -0.757. The van der Waals surface area contributed by atoms with E-state index in [1.54, 1.807) is 18.2 Å². The van der Waals surface area contributed by atoms with E-state index < -0.39 is 0 Å². The summed E-state index contributed by atoms with van der Waals surface area (Å²) in [6.07, 6.45) is 1.75. The summed E-state index contributed by atoms with van der Waals surface area (Å²) >= 11 is 9.49. The van der Waals surface area contributed by atoms with Crippen molar-refractivity contribution in [3.63, 3.8) is 0 Å². The first-order valence-electron chi connectivity index (χ1n) is 9.01. The molecule has 3 aromatic rings. The van der Waals surface area contributed by atoms with Gasteiger partial charge in [-0.25, -0.2) is 4.39 Å². The maximum absolute atomic E-state index is 12.9. The van der Waals surface area contributed by atoms with Crippen LogP contribution in [0.15, 0.2) is 62.8 Å². The summed E-state index contributed by atoms with van der Waals surface area (Å²) in [6.45, 7) is 0. The lowest BCUT2D eigenvalue weighted by Crippen LogP contribution is -2.19. The van der Waals surface area contributed by atoms with Crippen LogP contribution in [0.3, 0.4) is 0 Å². The summed E-state index contributed by atoms with van der Waals surface area (Å²) in [7, 11) is 0. The van der Waals surface area contributed by atoms with Crippen LogP contribution in [0.5, 0.6) is 0 Å². The normalized spacial score (nSPS) is 15.9. The van der Waals surface area contributed by atoms with Gasteiger partial charge >= 0.3 is 0 Å². The van der Waals surface area contributed by atoms with E-state index in [2.05, 4.69) is 25.8 Å². The van der Waals surface area contributed by atoms with Gasteiger partial charge in [0.25, 0.3) is 5.91 Å². The molecular weight excluding hydrogens is 493 g/mol. The van der Waals surface area contributed by atoms with E-state index in [9.17, 15) is 14.0 Å². The number of nitrogens with one attached hydrogen (secondary N) is 2. The molecule has 2 N–H and O–H groups in total. The van der Waals surface area contributed by atoms with Crippen LogP contribution in [0.25, 0.3) is 6.08 Å². The number of aliphatic imine (C=N–C) groups is 1. The highest BCUT2D eigenvalue weighted by Gasteiger charge is 2.24. The lowest BCUT2D eigenvalue weighted by molar-refractivity contribution is -0.115. The maximum atomic E-state index is 12.9. The molecule has 1 saturated heterocycles. The van der Waals surface area contributed by atoms with Gasteiger partial charge in [0.05, 0.1) is 10.7 Å². The maximum Gasteiger partial charge on any atom is 0.264 e. The van der Waals surface area contributed by atoms with E-state index in [1.165, 1.54) is 59.1 Å². The summed E-state index contributed by atoms with van der Waals surface area (Å²) in [6, 6.07) is 12.7. The van der Waals surface area contributed by atoms with Gasteiger partial charge in [-0.1, -0.05) is 46.8 Å². The van der Waals surface area contributed by atoms with Crippen molar-refractivity contribution in [1.82, 2.24) is 15.5 Å². The fraction of sp³-hybridized carbons (Fsp3) is 0.0500. The van der Waals surface area contributed by atoms with Crippen molar-refractivity contribution in [2.75, 3.05) is 11.1 Å². The molecule has 0 atom stereocenters. The first kappa shape index (κ1) is 22.5. The minimum atomic E-state index is -0.371. The van der Waals surface area contributed by atoms with Crippen LogP contribution in [0.2, 0.25) is 5.02 Å². The molecule has 2 heterocycles. The van der Waals surface area contributed by atoms with Crippen molar-refractivity contribution in [2.45, 2.75) is 4.34 Å². The number of nitrogens with zero attached hydrogens (tertiary/aromatic N) is 3. The summed E-state index contributed by atoms with van der Waals surface area (Å²) in [5, 5.41) is 14.7. The monoisotopic (exact) mass is 505 g/mol. The van der Waals surface area contributed by atoms with Crippen LogP contribution in [0, 0.1) is 5.82 Å². The average molecular weight is 506 g/mol. The van der Waals surface area contributed by atoms with E-state index in [1.807, 2.05) is 12.1 Å². The molecule has 0 bridgehead atoms. The van der Waals surface area contributed by atoms with Crippen molar-refractivity contribution < 1.29 is 14.0 Å². The predicted molar refractivity (Wildman–Crippen MR) is 128 cm³/mol. The summed E-state index contributed by atoms with van der Waals surface area (Å²) in [5.41, 5.74) is 1.36. The molecule has 0 aliphatic carbocycles. The quantitative estimate of drug-likeness (QED) is 0.363. The first-order chi connectivity index (χ1) is 15.4. The van der Waals surface area contributed by atoms with Gasteiger partial charge in [0, 0.05) is 10.7 Å². The van der Waals surface area contributed by atoms with Crippen LogP contribution < -0.4 is 10.6 Å². The van der Waals surface area contributed by atoms with Crippen molar-refractivity contribution in [2.24, 2.45) is 4.99 Å². The largest absolute Gasteiger partial charge is 0.325 e. The van der Waals surface area contributed by atoms with Crippen LogP contribution in [0.1, 0.15) is 5.56 Å². The highest BCUT2D eigenvalue weighted by atomic mass is 35.5. The van der Waals surface area contributed by atoms with Gasteiger partial charge in [0.2, 0.25) is 11.0 Å². The molecule has 0 saturated carbocycles. The number of rotatable bonds is 6. The third-order valence-electron chi connectivity index (χ3n) is 3.87. The van der Waals surface area contributed by atoms with E-state index in [4.69, 9.17) is 11.6 Å². The molecule has 0 radical (unpaired) electrons. The standard InChI is InChI=1S/C20H13ClFN5O2S3/c21-12-3-1-11(2-4-12)9-15-17(29)24-18(31-15)25-19-26-27-20(32-19)30-10-16(28)23-14-7-5-13(22)6-8-14/h1-9H,10H2,(H,23,28)(H,24,25,26,29)/b15-9-. The van der Waals surface area contributed by atoms with Crippen molar-refractivity contribution >= 4 is 80.3 Å². The van der Waals surface area contributed by atoms with Crippen molar-refractivity contribution in [1.29, 1.82) is 0 Å². The summed E-state index contributed by atoms with van der Waals surface area (Å²) in [4.78, 5) is 29.0. The first-order valence-corrected chi connectivity index (χ1v) is 12.0. The number of hydrogen-bond donors (Lipinski definition) is 2. The number of hydrogen-bond acceptors (Lipinski definition) is 8. The van der Waals surface area contributed by atoms with Gasteiger partial charge < -0.3 is 10.6 Å². The second kappa shape index (κ2) is 10.3. The Kier molecular flexibility index (Phi) is 7.20. The Morgan fingerprint density at radius 1 is 1.19 bits per heavy atom. The Bertz CT molecular complexity index is 1210. The number of amidine groups is 1. The zero-order chi connectivity index (χ0) is 22.5. The minimum Gasteiger partial charge on any atom is -0.325 e. The number of carbonyl (C=O) groups is 2. The Balaban J connectivity index is 1.33. The smallest absolute Gasteiger partial charge is 0.264 e. The Morgan fingerprint density at radius 3 is 2.69 bits per heavy atom. The molecule has 4 rings (SSSR count). The lowest BCUT2D eigenvalue weighted by atomic mass is 10.2. The predicted octanol–water partition coefficient (Wildman–Crippen LogP) is 4.95. The second-order valence-corrected chi connectivity index (χ2v) is 9.87. The molecule has 32 heavy (non-hydrogen) atoms. The zero-order valence-corrected chi connectivity index (χ0v) is 19.2. The van der Waals surface area contributed by atoms with Crippen LogP contribution >= 0.6 is 46.5 Å². The van der Waals surface area contributed by atoms with E-state index in [0.29, 0.717) is 30.3 Å². The van der Waals surface area contributed by atoms with Crippen LogP contribution in [-0.4, -0.2) is 32.9 Å². The molecule has 1 fully saturated rings. The minimum absolute atomic E-state index is 0.113. The van der Waals surface area contributed by atoms with Crippen LogP contribution in [0.4, 0.5) is 15.2 Å². The van der Waals surface area contributed by atoms with E-state index in [0.717, 1.165) is 5.56 Å². The molecule has 2 aromatic carbocycles. The average Bonchev–Trinajstić information content (AvgIpc) is 3.36. The van der Waals surface area contributed by atoms with Crippen molar-refractivity contribution in [3.05, 3.63) is 69.8 Å². The highest BCUT2D eigenvalue weighted by Crippen LogP contribution is 2.31. The van der Waals surface area contributed by atoms with Gasteiger partial charge in [-0.2, -0.15) is 4.99 Å². The van der Waals surface area contributed by atoms with Gasteiger partial charge in [-0.3, -0.25) is 9.59 Å². The molecule has 0 spiro atoms. The number of aromatic nitrogens is 2. The topological polar surface area (TPSA) is 96.3 Å². The third-order valence-corrected chi connectivity index (χ3v) is 6.98. The Labute approximate surface area is 199 Å². The Morgan fingerprint density at radius 2 is 1.94 bits per heavy atom. The fourth-order valence-electron chi connectivity index (χ4n) is 2.44. The second-order valence-electron chi connectivity index (χ2n) is 6.23. The molecule has 1 aliphatic heterocycles. The van der Waals surface area contributed by atoms with Gasteiger partial charge in [-0.15, -0.1) is 10.2 Å². The van der Waals surface area contributed by atoms with Crippen LogP contribution in [-0.2, 0) is 9.59 Å².